The van der Waals surface area contributed by atoms with Gasteiger partial charge >= 0.3 is 5.97 Å². The number of carbonyl (C=O) groups is 1. The Morgan fingerprint density at radius 1 is 1.21 bits per heavy atom. The summed E-state index contributed by atoms with van der Waals surface area (Å²) in [5.74, 6) is -0.781. The zero-order valence-corrected chi connectivity index (χ0v) is 14.9. The maximum Gasteiger partial charge on any atom is 0.320 e. The lowest BCUT2D eigenvalue weighted by molar-refractivity contribution is -0.142. The number of hydrogen-bond acceptors (Lipinski definition) is 2. The topological polar surface area (TPSA) is 40.5 Å². The van der Waals surface area contributed by atoms with Crippen LogP contribution in [-0.4, -0.2) is 28.6 Å². The van der Waals surface area contributed by atoms with Crippen molar-refractivity contribution < 1.29 is 9.90 Å². The molecule has 0 saturated carbocycles. The van der Waals surface area contributed by atoms with Gasteiger partial charge in [-0.1, -0.05) is 53.5 Å². The fourth-order valence-electron chi connectivity index (χ4n) is 3.50. The summed E-state index contributed by atoms with van der Waals surface area (Å²) in [6, 6.07) is 12.8. The second-order valence-electron chi connectivity index (χ2n) is 6.16. The second kappa shape index (κ2) is 7.14. The van der Waals surface area contributed by atoms with Crippen molar-refractivity contribution in [3.05, 3.63) is 69.2 Å². The maximum atomic E-state index is 11.7. The highest BCUT2D eigenvalue weighted by Crippen LogP contribution is 2.39. The molecule has 1 N–H and O–H groups in total. The van der Waals surface area contributed by atoms with Gasteiger partial charge in [-0.05, 0) is 48.6 Å². The molecule has 1 fully saturated rings. The number of aliphatic carboxylic acids is 1. The van der Waals surface area contributed by atoms with E-state index in [1.54, 1.807) is 12.1 Å². The van der Waals surface area contributed by atoms with Crippen molar-refractivity contribution in [2.75, 3.05) is 6.54 Å². The van der Waals surface area contributed by atoms with Gasteiger partial charge in [0, 0.05) is 16.6 Å². The lowest BCUT2D eigenvalue weighted by atomic mass is 9.93. The third-order valence-corrected chi connectivity index (χ3v) is 5.21. The van der Waals surface area contributed by atoms with E-state index in [1.807, 2.05) is 42.2 Å². The number of halogens is 2. The lowest BCUT2D eigenvalue weighted by Gasteiger charge is -2.33. The normalized spacial score (nSPS) is 19.4. The van der Waals surface area contributed by atoms with E-state index in [0.717, 1.165) is 29.7 Å². The summed E-state index contributed by atoms with van der Waals surface area (Å²) in [4.78, 5) is 13.7. The average molecular weight is 364 g/mol. The minimum atomic E-state index is -0.781. The van der Waals surface area contributed by atoms with E-state index in [9.17, 15) is 9.90 Å². The number of carboxylic acid groups (broad SMARTS) is 1. The van der Waals surface area contributed by atoms with Gasteiger partial charge < -0.3 is 5.11 Å². The van der Waals surface area contributed by atoms with Gasteiger partial charge in [-0.3, -0.25) is 9.69 Å². The number of aryl methyl sites for hydroxylation is 1. The molecule has 1 aliphatic rings. The average Bonchev–Trinajstić information content (AvgIpc) is 3.01. The van der Waals surface area contributed by atoms with Crippen molar-refractivity contribution in [1.82, 2.24) is 4.90 Å². The molecule has 1 aliphatic heterocycles. The summed E-state index contributed by atoms with van der Waals surface area (Å²) in [6.45, 7) is 2.77. The van der Waals surface area contributed by atoms with Gasteiger partial charge in [0.25, 0.3) is 0 Å². The van der Waals surface area contributed by atoms with E-state index in [-0.39, 0.29) is 6.04 Å². The smallest absolute Gasteiger partial charge is 0.320 e. The van der Waals surface area contributed by atoms with Crippen LogP contribution >= 0.6 is 23.2 Å². The molecule has 0 bridgehead atoms. The third-order valence-electron chi connectivity index (χ3n) is 4.65. The molecular formula is C19H19Cl2NO2. The first-order valence-electron chi connectivity index (χ1n) is 7.98. The minimum absolute atomic E-state index is 0.195. The molecule has 2 aromatic rings. The van der Waals surface area contributed by atoms with Crippen LogP contribution in [-0.2, 0) is 4.79 Å². The Morgan fingerprint density at radius 2 is 1.96 bits per heavy atom. The predicted molar refractivity (Wildman–Crippen MR) is 96.8 cm³/mol. The molecule has 126 valence electrons. The van der Waals surface area contributed by atoms with Crippen LogP contribution in [0, 0.1) is 6.92 Å². The molecular weight excluding hydrogens is 345 g/mol. The summed E-state index contributed by atoms with van der Waals surface area (Å²) in [5.41, 5.74) is 3.09. The van der Waals surface area contributed by atoms with Gasteiger partial charge in [0.2, 0.25) is 0 Å². The molecule has 0 aromatic heterocycles. The molecule has 1 saturated heterocycles. The van der Waals surface area contributed by atoms with Crippen molar-refractivity contribution >= 4 is 29.2 Å². The fraction of sp³-hybridized carbons (Fsp3) is 0.316. The van der Waals surface area contributed by atoms with E-state index >= 15 is 0 Å². The number of rotatable bonds is 4. The molecule has 2 aromatic carbocycles. The number of carboxylic acids is 1. The number of likely N-dealkylation sites (tertiary alicyclic amines) is 1. The zero-order valence-electron chi connectivity index (χ0n) is 13.4. The summed E-state index contributed by atoms with van der Waals surface area (Å²) in [6.07, 6.45) is 1.52. The molecule has 3 rings (SSSR count). The molecule has 0 aliphatic carbocycles. The van der Waals surface area contributed by atoms with Crippen LogP contribution in [0.2, 0.25) is 10.0 Å². The van der Waals surface area contributed by atoms with E-state index in [4.69, 9.17) is 23.2 Å². The molecule has 0 spiro atoms. The predicted octanol–water partition coefficient (Wildman–Crippen LogP) is 4.94. The van der Waals surface area contributed by atoms with Crippen molar-refractivity contribution in [2.45, 2.75) is 31.8 Å². The highest BCUT2D eigenvalue weighted by Gasteiger charge is 2.37. The third kappa shape index (κ3) is 3.30. The van der Waals surface area contributed by atoms with Crippen LogP contribution in [0.3, 0.4) is 0 Å². The standard InChI is InChI=1S/C19H19Cl2NO2/c1-12-5-2-3-6-14(12)18(15-9-8-13(20)11-16(15)21)22-10-4-7-17(22)19(23)24/h2-3,5-6,8-9,11,17-18H,4,7,10H2,1H3,(H,23,24). The molecule has 5 heteroatoms. The summed E-state index contributed by atoms with van der Waals surface area (Å²) < 4.78 is 0. The summed E-state index contributed by atoms with van der Waals surface area (Å²) in [5, 5.41) is 10.7. The molecule has 2 unspecified atom stereocenters. The molecule has 1 heterocycles. The Labute approximate surface area is 151 Å². The zero-order chi connectivity index (χ0) is 17.3. The van der Waals surface area contributed by atoms with Gasteiger partial charge in [-0.15, -0.1) is 0 Å². The van der Waals surface area contributed by atoms with Crippen LogP contribution < -0.4 is 0 Å². The first kappa shape index (κ1) is 17.3. The van der Waals surface area contributed by atoms with E-state index in [0.29, 0.717) is 16.5 Å². The van der Waals surface area contributed by atoms with E-state index < -0.39 is 12.0 Å². The summed E-state index contributed by atoms with van der Waals surface area (Å²) in [7, 11) is 0. The molecule has 3 nitrogen and oxygen atoms in total. The van der Waals surface area contributed by atoms with Crippen LogP contribution in [0.4, 0.5) is 0 Å². The largest absolute Gasteiger partial charge is 0.480 e. The van der Waals surface area contributed by atoms with Gasteiger partial charge in [-0.2, -0.15) is 0 Å². The van der Waals surface area contributed by atoms with Crippen molar-refractivity contribution in [1.29, 1.82) is 0 Å². The minimum Gasteiger partial charge on any atom is -0.480 e. The SMILES string of the molecule is Cc1ccccc1C(c1ccc(Cl)cc1Cl)N1CCCC1C(=O)O. The number of benzene rings is 2. The Balaban J connectivity index is 2.14. The highest BCUT2D eigenvalue weighted by atomic mass is 35.5. The number of hydrogen-bond donors (Lipinski definition) is 1. The van der Waals surface area contributed by atoms with Crippen molar-refractivity contribution in [3.8, 4) is 0 Å². The first-order chi connectivity index (χ1) is 11.5. The van der Waals surface area contributed by atoms with Crippen LogP contribution in [0.5, 0.6) is 0 Å². The first-order valence-corrected chi connectivity index (χ1v) is 8.73. The van der Waals surface area contributed by atoms with E-state index in [2.05, 4.69) is 0 Å². The molecule has 2 atom stereocenters. The number of nitrogens with zero attached hydrogens (tertiary/aromatic N) is 1. The fourth-order valence-corrected chi connectivity index (χ4v) is 4.02. The quantitative estimate of drug-likeness (QED) is 0.835. The molecule has 0 amide bonds. The second-order valence-corrected chi connectivity index (χ2v) is 7.00. The Hall–Kier alpha value is -1.55. The van der Waals surface area contributed by atoms with Crippen LogP contribution in [0.1, 0.15) is 35.6 Å². The Bertz CT molecular complexity index is 763. The molecule has 24 heavy (non-hydrogen) atoms. The van der Waals surface area contributed by atoms with Crippen LogP contribution in [0.15, 0.2) is 42.5 Å². The van der Waals surface area contributed by atoms with E-state index in [1.165, 1.54) is 0 Å². The monoisotopic (exact) mass is 363 g/mol. The van der Waals surface area contributed by atoms with Crippen molar-refractivity contribution in [2.24, 2.45) is 0 Å². The maximum absolute atomic E-state index is 11.7. The van der Waals surface area contributed by atoms with Gasteiger partial charge in [0.05, 0.1) is 6.04 Å². The summed E-state index contributed by atoms with van der Waals surface area (Å²) >= 11 is 12.5. The van der Waals surface area contributed by atoms with Crippen molar-refractivity contribution in [3.63, 3.8) is 0 Å². The molecule has 0 radical (unpaired) electrons. The van der Waals surface area contributed by atoms with Gasteiger partial charge in [-0.25, -0.2) is 0 Å². The lowest BCUT2D eigenvalue weighted by Crippen LogP contribution is -2.39. The Kier molecular flexibility index (Phi) is 5.14. The van der Waals surface area contributed by atoms with Gasteiger partial charge in [0.1, 0.15) is 6.04 Å². The van der Waals surface area contributed by atoms with Crippen LogP contribution in [0.25, 0.3) is 0 Å². The Morgan fingerprint density at radius 3 is 2.62 bits per heavy atom. The highest BCUT2D eigenvalue weighted by molar-refractivity contribution is 6.35. The van der Waals surface area contributed by atoms with Gasteiger partial charge in [0.15, 0.2) is 0 Å².